The number of nitrogens with zero attached hydrogens (tertiary/aromatic N) is 3. The van der Waals surface area contributed by atoms with Gasteiger partial charge < -0.3 is 4.74 Å². The zero-order valence-corrected chi connectivity index (χ0v) is 18.1. The summed E-state index contributed by atoms with van der Waals surface area (Å²) in [6, 6.07) is 20.4. The number of H-pyrrole nitrogens is 1. The molecule has 2 aromatic heterocycles. The predicted molar refractivity (Wildman–Crippen MR) is 124 cm³/mol. The minimum absolute atomic E-state index is 0.469. The summed E-state index contributed by atoms with van der Waals surface area (Å²) in [7, 11) is 0. The van der Waals surface area contributed by atoms with Crippen molar-refractivity contribution in [2.45, 2.75) is 25.3 Å². The van der Waals surface area contributed by atoms with Gasteiger partial charge in [-0.2, -0.15) is 5.10 Å². The molecule has 1 saturated heterocycles. The van der Waals surface area contributed by atoms with Gasteiger partial charge in [0.05, 0.1) is 22.8 Å². The second-order valence-corrected chi connectivity index (χ2v) is 8.51. The molecule has 0 amide bonds. The van der Waals surface area contributed by atoms with Crippen molar-refractivity contribution in [1.29, 1.82) is 0 Å². The summed E-state index contributed by atoms with van der Waals surface area (Å²) in [6.45, 7) is 3.66. The van der Waals surface area contributed by atoms with Gasteiger partial charge in [-0.15, -0.1) is 0 Å². The first-order valence-corrected chi connectivity index (χ1v) is 11.1. The van der Waals surface area contributed by atoms with Crippen LogP contribution in [0.4, 0.5) is 0 Å². The molecule has 0 unspecified atom stereocenters. The molecule has 0 spiro atoms. The molecule has 2 aromatic carbocycles. The van der Waals surface area contributed by atoms with Crippen LogP contribution in [0.2, 0.25) is 5.02 Å². The first-order chi connectivity index (χ1) is 15.2. The predicted octanol–water partition coefficient (Wildman–Crippen LogP) is 5.22. The van der Waals surface area contributed by atoms with Gasteiger partial charge in [0.15, 0.2) is 0 Å². The quantitative estimate of drug-likeness (QED) is 0.435. The Bertz CT molecular complexity index is 1170. The molecule has 6 heteroatoms. The Morgan fingerprint density at radius 3 is 2.97 bits per heavy atom. The third-order valence-electron chi connectivity index (χ3n) is 5.88. The van der Waals surface area contributed by atoms with E-state index < -0.39 is 0 Å². The fourth-order valence-electron chi connectivity index (χ4n) is 4.25. The number of halogens is 1. The molecule has 1 N–H and O–H groups in total. The summed E-state index contributed by atoms with van der Waals surface area (Å²) >= 11 is 6.14. The summed E-state index contributed by atoms with van der Waals surface area (Å²) < 4.78 is 5.80. The number of fused-ring (bicyclic) bond motifs is 1. The molecule has 3 heterocycles. The van der Waals surface area contributed by atoms with Crippen LogP contribution in [0.3, 0.4) is 0 Å². The number of aromatic nitrogens is 3. The Hall–Kier alpha value is -2.89. The summed E-state index contributed by atoms with van der Waals surface area (Å²) in [5.41, 5.74) is 4.63. The third-order valence-corrected chi connectivity index (χ3v) is 6.19. The Balaban J connectivity index is 1.15. The molecule has 0 saturated carbocycles. The maximum Gasteiger partial charge on any atom is 0.137 e. The lowest BCUT2D eigenvalue weighted by atomic mass is 10.0. The van der Waals surface area contributed by atoms with E-state index >= 15 is 0 Å². The van der Waals surface area contributed by atoms with Gasteiger partial charge in [0.1, 0.15) is 5.75 Å². The smallest absolute Gasteiger partial charge is 0.137 e. The van der Waals surface area contributed by atoms with Gasteiger partial charge >= 0.3 is 0 Å². The maximum absolute atomic E-state index is 6.14. The molecule has 0 bridgehead atoms. The first kappa shape index (κ1) is 20.0. The van der Waals surface area contributed by atoms with Gasteiger partial charge in [-0.1, -0.05) is 35.9 Å². The van der Waals surface area contributed by atoms with Crippen LogP contribution in [0, 0.1) is 0 Å². The first-order valence-electron chi connectivity index (χ1n) is 10.7. The number of hydrogen-bond acceptors (Lipinski definition) is 4. The fraction of sp³-hybridized carbons (Fsp3) is 0.280. The number of nitrogens with one attached hydrogen (secondary N) is 1. The Morgan fingerprint density at radius 2 is 2.03 bits per heavy atom. The van der Waals surface area contributed by atoms with E-state index in [9.17, 15) is 0 Å². The number of benzene rings is 2. The van der Waals surface area contributed by atoms with Gasteiger partial charge in [-0.05, 0) is 54.9 Å². The zero-order valence-electron chi connectivity index (χ0n) is 17.3. The molecule has 1 aliphatic heterocycles. The molecule has 1 atom stereocenters. The van der Waals surface area contributed by atoms with E-state index in [1.165, 1.54) is 10.9 Å². The number of ether oxygens (including phenoxy) is 1. The second-order valence-electron chi connectivity index (χ2n) is 8.10. The van der Waals surface area contributed by atoms with Crippen LogP contribution in [-0.4, -0.2) is 39.8 Å². The van der Waals surface area contributed by atoms with Gasteiger partial charge in [-0.3, -0.25) is 15.0 Å². The van der Waals surface area contributed by atoms with Crippen molar-refractivity contribution in [2.75, 3.05) is 19.7 Å². The van der Waals surface area contributed by atoms with Gasteiger partial charge in [0.25, 0.3) is 0 Å². The highest BCUT2D eigenvalue weighted by molar-refractivity contribution is 6.32. The molecule has 5 rings (SSSR count). The van der Waals surface area contributed by atoms with E-state index in [0.29, 0.717) is 17.5 Å². The van der Waals surface area contributed by atoms with E-state index in [-0.39, 0.29) is 0 Å². The van der Waals surface area contributed by atoms with Crippen LogP contribution in [0.5, 0.6) is 5.75 Å². The van der Waals surface area contributed by atoms with E-state index in [0.717, 1.165) is 55.1 Å². The monoisotopic (exact) mass is 432 g/mol. The molecule has 31 heavy (non-hydrogen) atoms. The highest BCUT2D eigenvalue weighted by Gasteiger charge is 2.25. The fourth-order valence-corrected chi connectivity index (χ4v) is 4.44. The molecule has 158 valence electrons. The minimum atomic E-state index is 0.469. The highest BCUT2D eigenvalue weighted by atomic mass is 35.5. The van der Waals surface area contributed by atoms with Gasteiger partial charge in [0.2, 0.25) is 0 Å². The number of para-hydroxylation sites is 1. The molecule has 5 nitrogen and oxygen atoms in total. The van der Waals surface area contributed by atoms with Gasteiger partial charge in [0, 0.05) is 42.7 Å². The Labute approximate surface area is 187 Å². The average Bonchev–Trinajstić information content (AvgIpc) is 3.45. The third kappa shape index (κ3) is 4.73. The number of pyridine rings is 1. The number of likely N-dealkylation sites (tertiary alicyclic amines) is 1. The summed E-state index contributed by atoms with van der Waals surface area (Å²) in [4.78, 5) is 6.92. The normalized spacial score (nSPS) is 16.7. The molecule has 4 aromatic rings. The van der Waals surface area contributed by atoms with Crippen molar-refractivity contribution in [3.8, 4) is 5.75 Å². The van der Waals surface area contributed by atoms with Crippen molar-refractivity contribution in [3.63, 3.8) is 0 Å². The van der Waals surface area contributed by atoms with Crippen LogP contribution in [0.1, 0.15) is 29.3 Å². The Kier molecular flexibility index (Phi) is 5.87. The summed E-state index contributed by atoms with van der Waals surface area (Å²) in [6.07, 6.45) is 3.75. The molecular weight excluding hydrogens is 408 g/mol. The van der Waals surface area contributed by atoms with E-state index in [1.807, 2.05) is 36.5 Å². The largest absolute Gasteiger partial charge is 0.492 e. The molecule has 1 aliphatic rings. The van der Waals surface area contributed by atoms with Crippen LogP contribution in [0.15, 0.2) is 66.9 Å². The van der Waals surface area contributed by atoms with Crippen molar-refractivity contribution < 1.29 is 4.74 Å². The highest BCUT2D eigenvalue weighted by Crippen LogP contribution is 2.28. The standard InChI is InChI=1S/C25H25ClN4O/c26-22-5-1-2-6-25(22)31-13-10-21-15-24(29-28-21)20-9-12-30(17-20)16-18-7-8-23-19(14-18)4-3-11-27-23/h1-8,11,14-15,20H,9-10,12-13,16-17H2,(H,28,29)/t20-/m1/s1. The lowest BCUT2D eigenvalue weighted by Gasteiger charge is -2.16. The second kappa shape index (κ2) is 9.08. The number of hydrogen-bond donors (Lipinski definition) is 1. The average molecular weight is 433 g/mol. The van der Waals surface area contributed by atoms with Crippen LogP contribution in [-0.2, 0) is 13.0 Å². The Morgan fingerprint density at radius 1 is 1.10 bits per heavy atom. The van der Waals surface area contributed by atoms with Gasteiger partial charge in [-0.25, -0.2) is 0 Å². The summed E-state index contributed by atoms with van der Waals surface area (Å²) in [5, 5.41) is 9.60. The van der Waals surface area contributed by atoms with Crippen molar-refractivity contribution in [1.82, 2.24) is 20.1 Å². The SMILES string of the molecule is Clc1ccccc1OCCc1cc([C@@H]2CCN(Cc3ccc4ncccc4c3)C2)n[nH]1. The van der Waals surface area contributed by atoms with E-state index in [1.54, 1.807) is 0 Å². The van der Waals surface area contributed by atoms with Crippen LogP contribution in [0.25, 0.3) is 10.9 Å². The number of aromatic amines is 1. The van der Waals surface area contributed by atoms with Crippen LogP contribution >= 0.6 is 11.6 Å². The maximum atomic E-state index is 6.14. The molecule has 0 radical (unpaired) electrons. The number of rotatable bonds is 7. The van der Waals surface area contributed by atoms with Crippen molar-refractivity contribution >= 4 is 22.5 Å². The lowest BCUT2D eigenvalue weighted by molar-refractivity contribution is 0.320. The van der Waals surface area contributed by atoms with E-state index in [4.69, 9.17) is 16.3 Å². The minimum Gasteiger partial charge on any atom is -0.492 e. The topological polar surface area (TPSA) is 54.0 Å². The lowest BCUT2D eigenvalue weighted by Crippen LogP contribution is -2.19. The molecule has 1 fully saturated rings. The molecular formula is C25H25ClN4O. The molecule has 0 aliphatic carbocycles. The zero-order chi connectivity index (χ0) is 21.0. The van der Waals surface area contributed by atoms with Crippen molar-refractivity contribution in [2.24, 2.45) is 0 Å². The van der Waals surface area contributed by atoms with E-state index in [2.05, 4.69) is 50.4 Å². The summed E-state index contributed by atoms with van der Waals surface area (Å²) in [5.74, 6) is 1.19. The van der Waals surface area contributed by atoms with Crippen molar-refractivity contribution in [3.05, 3.63) is 88.8 Å². The van der Waals surface area contributed by atoms with Crippen LogP contribution < -0.4 is 4.74 Å².